The molecule has 7 heteroatoms. The van der Waals surface area contributed by atoms with Gasteiger partial charge in [0, 0.05) is 6.42 Å². The molecule has 43 heavy (non-hydrogen) atoms. The molecule has 0 spiro atoms. The van der Waals surface area contributed by atoms with Crippen molar-refractivity contribution in [3.63, 3.8) is 0 Å². The highest BCUT2D eigenvalue weighted by molar-refractivity contribution is 7.85. The molecule has 0 saturated heterocycles. The molecule has 2 unspecified atom stereocenters. The molecule has 6 nitrogen and oxygen atoms in total. The van der Waals surface area contributed by atoms with E-state index < -0.39 is 28.0 Å². The number of nitrogens with one attached hydrogen (secondary N) is 1. The second kappa shape index (κ2) is 30.8. The number of carbonyl (C=O) groups is 1. The average molecular weight is 628 g/mol. The molecule has 254 valence electrons. The maximum absolute atomic E-state index is 12.4. The third-order valence-electron chi connectivity index (χ3n) is 8.13. The summed E-state index contributed by atoms with van der Waals surface area (Å²) in [7, 11) is -4.34. The van der Waals surface area contributed by atoms with Gasteiger partial charge in [0.2, 0.25) is 5.91 Å². The molecule has 3 N–H and O–H groups in total. The maximum atomic E-state index is 12.4. The number of aliphatic hydroxyl groups excluding tert-OH is 1. The highest BCUT2D eigenvalue weighted by Crippen LogP contribution is 2.14. The SMILES string of the molecule is CCCCCCCCC/C=C/CC/C=C/C(O)C(CS(=O)(=O)O)NC(=O)CCCCCCCCCCCCCCCCC. The Bertz CT molecular complexity index is 781. The van der Waals surface area contributed by atoms with Gasteiger partial charge in [-0.3, -0.25) is 9.35 Å². The Hall–Kier alpha value is -1.18. The van der Waals surface area contributed by atoms with Crippen molar-refractivity contribution in [1.82, 2.24) is 5.32 Å². The van der Waals surface area contributed by atoms with Gasteiger partial charge in [0.1, 0.15) is 0 Å². The van der Waals surface area contributed by atoms with E-state index in [1.807, 2.05) is 0 Å². The molecule has 0 aromatic rings. The molecule has 0 aliphatic carbocycles. The Kier molecular flexibility index (Phi) is 30.0. The van der Waals surface area contributed by atoms with E-state index in [1.165, 1.54) is 128 Å². The van der Waals surface area contributed by atoms with Gasteiger partial charge in [0.15, 0.2) is 0 Å². The molecule has 0 heterocycles. The van der Waals surface area contributed by atoms with Crippen LogP contribution in [0, 0.1) is 0 Å². The highest BCUT2D eigenvalue weighted by Gasteiger charge is 2.24. The summed E-state index contributed by atoms with van der Waals surface area (Å²) < 4.78 is 32.3. The fourth-order valence-electron chi connectivity index (χ4n) is 5.41. The largest absolute Gasteiger partial charge is 0.387 e. The molecule has 0 radical (unpaired) electrons. The minimum Gasteiger partial charge on any atom is -0.387 e. The van der Waals surface area contributed by atoms with Gasteiger partial charge >= 0.3 is 0 Å². The molecular weight excluding hydrogens is 558 g/mol. The second-order valence-corrected chi connectivity index (χ2v) is 14.0. The molecule has 0 aliphatic heterocycles. The first-order valence-corrected chi connectivity index (χ1v) is 19.6. The van der Waals surface area contributed by atoms with Crippen LogP contribution in [0.2, 0.25) is 0 Å². The third kappa shape index (κ3) is 32.0. The Labute approximate surface area is 266 Å². The first-order valence-electron chi connectivity index (χ1n) is 18.0. The van der Waals surface area contributed by atoms with E-state index in [0.717, 1.165) is 38.5 Å². The van der Waals surface area contributed by atoms with Crippen LogP contribution in [0.4, 0.5) is 0 Å². The summed E-state index contributed by atoms with van der Waals surface area (Å²) in [5.41, 5.74) is 0. The van der Waals surface area contributed by atoms with Gasteiger partial charge in [0.05, 0.1) is 17.9 Å². The molecular formula is C36H69NO5S. The normalized spacial score (nSPS) is 13.7. The number of amides is 1. The van der Waals surface area contributed by atoms with Crippen LogP contribution in [0.5, 0.6) is 0 Å². The Balaban J connectivity index is 4.02. The fraction of sp³-hybridized carbons (Fsp3) is 0.861. The van der Waals surface area contributed by atoms with Gasteiger partial charge in [-0.2, -0.15) is 8.42 Å². The minimum atomic E-state index is -4.34. The van der Waals surface area contributed by atoms with Crippen LogP contribution in [-0.2, 0) is 14.9 Å². The van der Waals surface area contributed by atoms with Gasteiger partial charge < -0.3 is 10.4 Å². The molecule has 2 atom stereocenters. The van der Waals surface area contributed by atoms with Crippen molar-refractivity contribution in [2.24, 2.45) is 0 Å². The van der Waals surface area contributed by atoms with Gasteiger partial charge in [-0.05, 0) is 32.1 Å². The van der Waals surface area contributed by atoms with Crippen molar-refractivity contribution < 1.29 is 22.9 Å². The lowest BCUT2D eigenvalue weighted by molar-refractivity contribution is -0.122. The van der Waals surface area contributed by atoms with Crippen molar-refractivity contribution in [2.75, 3.05) is 5.75 Å². The lowest BCUT2D eigenvalue weighted by Gasteiger charge is -2.21. The molecule has 0 bridgehead atoms. The topological polar surface area (TPSA) is 104 Å². The summed E-state index contributed by atoms with van der Waals surface area (Å²) >= 11 is 0. The molecule has 1 amide bonds. The zero-order valence-electron chi connectivity index (χ0n) is 28.1. The Morgan fingerprint density at radius 3 is 1.47 bits per heavy atom. The summed E-state index contributed by atoms with van der Waals surface area (Å²) in [6, 6.07) is -1.07. The summed E-state index contributed by atoms with van der Waals surface area (Å²) in [5, 5.41) is 13.1. The number of allylic oxidation sites excluding steroid dienone is 3. The number of hydrogen-bond acceptors (Lipinski definition) is 4. The molecule has 0 fully saturated rings. The van der Waals surface area contributed by atoms with Crippen LogP contribution in [-0.4, -0.2) is 41.9 Å². The number of carbonyl (C=O) groups excluding carboxylic acids is 1. The molecule has 0 saturated carbocycles. The molecule has 0 aliphatic rings. The van der Waals surface area contributed by atoms with E-state index in [4.69, 9.17) is 0 Å². The van der Waals surface area contributed by atoms with Crippen molar-refractivity contribution in [2.45, 2.75) is 193 Å². The van der Waals surface area contributed by atoms with Crippen molar-refractivity contribution in [3.05, 3.63) is 24.3 Å². The predicted octanol–water partition coefficient (Wildman–Crippen LogP) is 10.0. The standard InChI is InChI=1S/C36H69NO5S/c1-3-5-7-9-11-13-15-17-18-20-22-24-26-28-30-32-36(39)37-34(33-43(40,41)42)35(38)31-29-27-25-23-21-19-16-14-12-10-8-6-4-2/h21,23,29,31,34-35,38H,3-20,22,24-28,30,32-33H2,1-2H3,(H,37,39)(H,40,41,42)/b23-21+,31-29+. The van der Waals surface area contributed by atoms with Crippen molar-refractivity contribution >= 4 is 16.0 Å². The van der Waals surface area contributed by atoms with Gasteiger partial charge in [-0.1, -0.05) is 167 Å². The van der Waals surface area contributed by atoms with E-state index in [9.17, 15) is 22.9 Å². The van der Waals surface area contributed by atoms with Crippen molar-refractivity contribution in [3.8, 4) is 0 Å². The van der Waals surface area contributed by atoms with Gasteiger partial charge in [-0.25, -0.2) is 0 Å². The van der Waals surface area contributed by atoms with E-state index in [1.54, 1.807) is 6.08 Å². The summed E-state index contributed by atoms with van der Waals surface area (Å²) in [6.07, 6.45) is 37.3. The first kappa shape index (κ1) is 41.8. The molecule has 0 rings (SSSR count). The van der Waals surface area contributed by atoms with Crippen LogP contribution in [0.25, 0.3) is 0 Å². The minimum absolute atomic E-state index is 0.288. The lowest BCUT2D eigenvalue weighted by Crippen LogP contribution is -2.46. The summed E-state index contributed by atoms with van der Waals surface area (Å²) in [4.78, 5) is 12.4. The van der Waals surface area contributed by atoms with Gasteiger partial charge in [-0.15, -0.1) is 0 Å². The monoisotopic (exact) mass is 627 g/mol. The van der Waals surface area contributed by atoms with Crippen LogP contribution in [0.3, 0.4) is 0 Å². The quantitative estimate of drug-likeness (QED) is 0.0391. The second-order valence-electron chi connectivity index (χ2n) is 12.5. The zero-order chi connectivity index (χ0) is 31.9. The smallest absolute Gasteiger partial charge is 0.267 e. The predicted molar refractivity (Wildman–Crippen MR) is 184 cm³/mol. The highest BCUT2D eigenvalue weighted by atomic mass is 32.2. The van der Waals surface area contributed by atoms with E-state index in [-0.39, 0.29) is 5.91 Å². The number of hydrogen-bond donors (Lipinski definition) is 3. The van der Waals surface area contributed by atoms with Crippen LogP contribution >= 0.6 is 0 Å². The average Bonchev–Trinajstić information content (AvgIpc) is 2.96. The van der Waals surface area contributed by atoms with E-state index >= 15 is 0 Å². The van der Waals surface area contributed by atoms with Crippen LogP contribution < -0.4 is 5.32 Å². The number of unbranched alkanes of at least 4 members (excludes halogenated alkanes) is 22. The fourth-order valence-corrected chi connectivity index (χ4v) is 6.14. The maximum Gasteiger partial charge on any atom is 0.267 e. The van der Waals surface area contributed by atoms with E-state index in [0.29, 0.717) is 6.42 Å². The van der Waals surface area contributed by atoms with Gasteiger partial charge in [0.25, 0.3) is 10.1 Å². The summed E-state index contributed by atoms with van der Waals surface area (Å²) in [5.74, 6) is -0.995. The Morgan fingerprint density at radius 2 is 1.00 bits per heavy atom. The first-order chi connectivity index (χ1) is 20.8. The van der Waals surface area contributed by atoms with Crippen molar-refractivity contribution in [1.29, 1.82) is 0 Å². The van der Waals surface area contributed by atoms with E-state index in [2.05, 4.69) is 31.3 Å². The number of aliphatic hydroxyl groups is 1. The molecule has 0 aromatic heterocycles. The van der Waals surface area contributed by atoms with Crippen LogP contribution in [0.15, 0.2) is 24.3 Å². The third-order valence-corrected chi connectivity index (χ3v) is 8.91. The summed E-state index contributed by atoms with van der Waals surface area (Å²) in [6.45, 7) is 4.49. The molecule has 0 aromatic carbocycles. The Morgan fingerprint density at radius 1 is 0.605 bits per heavy atom. The zero-order valence-corrected chi connectivity index (χ0v) is 28.9. The number of rotatable bonds is 32. The lowest BCUT2D eigenvalue weighted by atomic mass is 10.0. The van der Waals surface area contributed by atoms with Crippen LogP contribution in [0.1, 0.15) is 181 Å².